The molecule has 4 aromatic rings. The Balaban J connectivity index is 1.63. The highest BCUT2D eigenvalue weighted by molar-refractivity contribution is 7.20. The van der Waals surface area contributed by atoms with E-state index in [9.17, 15) is 0 Å². The summed E-state index contributed by atoms with van der Waals surface area (Å²) in [6.07, 6.45) is 1.06. The van der Waals surface area contributed by atoms with Crippen molar-refractivity contribution in [1.82, 2.24) is 9.97 Å². The second-order valence-corrected chi connectivity index (χ2v) is 8.16. The molecule has 2 aromatic carbocycles. The summed E-state index contributed by atoms with van der Waals surface area (Å²) < 4.78 is 0. The van der Waals surface area contributed by atoms with Gasteiger partial charge in [-0.1, -0.05) is 55.0 Å². The Bertz CT molecular complexity index is 1040. The van der Waals surface area contributed by atoms with Crippen LogP contribution in [-0.2, 0) is 6.42 Å². The van der Waals surface area contributed by atoms with Crippen molar-refractivity contribution < 1.29 is 0 Å². The third kappa shape index (κ3) is 3.35. The zero-order chi connectivity index (χ0) is 18.1. The lowest BCUT2D eigenvalue weighted by Gasteiger charge is -2.03. The standard InChI is InChI=1S/C22H20N2S2/c1-4-16-6-8-17(9-7-16)19-12-25-21(23-19)22-24-20(13-26-22)18-10-5-14(2)11-15(18)3/h5-13H,4H2,1-3H3. The molecule has 4 rings (SSSR count). The zero-order valence-corrected chi connectivity index (χ0v) is 16.7. The van der Waals surface area contributed by atoms with E-state index in [1.807, 2.05) is 0 Å². The maximum Gasteiger partial charge on any atom is 0.152 e. The summed E-state index contributed by atoms with van der Waals surface area (Å²) in [7, 11) is 0. The molecule has 0 amide bonds. The van der Waals surface area contributed by atoms with Gasteiger partial charge in [-0.15, -0.1) is 22.7 Å². The van der Waals surface area contributed by atoms with Crippen LogP contribution in [0.2, 0.25) is 0 Å². The van der Waals surface area contributed by atoms with Crippen LogP contribution in [0.25, 0.3) is 32.5 Å². The Hall–Kier alpha value is -2.30. The van der Waals surface area contributed by atoms with Gasteiger partial charge < -0.3 is 0 Å². The topological polar surface area (TPSA) is 25.8 Å². The molecule has 0 saturated carbocycles. The monoisotopic (exact) mass is 376 g/mol. The van der Waals surface area contributed by atoms with E-state index in [0.29, 0.717) is 0 Å². The van der Waals surface area contributed by atoms with Crippen molar-refractivity contribution in [2.45, 2.75) is 27.2 Å². The van der Waals surface area contributed by atoms with Crippen molar-refractivity contribution in [3.05, 3.63) is 69.9 Å². The minimum absolute atomic E-state index is 0.987. The molecular formula is C22H20N2S2. The van der Waals surface area contributed by atoms with Crippen LogP contribution in [0.15, 0.2) is 53.2 Å². The molecule has 0 aliphatic rings. The third-order valence-corrected chi connectivity index (χ3v) is 6.33. The molecule has 4 heteroatoms. The minimum Gasteiger partial charge on any atom is -0.233 e. The average Bonchev–Trinajstić information content (AvgIpc) is 3.31. The summed E-state index contributed by atoms with van der Waals surface area (Å²) in [5.74, 6) is 0. The van der Waals surface area contributed by atoms with E-state index in [2.05, 4.69) is 74.0 Å². The maximum absolute atomic E-state index is 4.84. The molecular weight excluding hydrogens is 356 g/mol. The first-order chi connectivity index (χ1) is 12.6. The summed E-state index contributed by atoms with van der Waals surface area (Å²) in [6.45, 7) is 6.43. The van der Waals surface area contributed by atoms with Gasteiger partial charge in [-0.2, -0.15) is 0 Å². The van der Waals surface area contributed by atoms with Crippen LogP contribution < -0.4 is 0 Å². The van der Waals surface area contributed by atoms with E-state index >= 15 is 0 Å². The van der Waals surface area contributed by atoms with Crippen LogP contribution in [0.5, 0.6) is 0 Å². The number of nitrogens with zero attached hydrogens (tertiary/aromatic N) is 2. The highest BCUT2D eigenvalue weighted by Gasteiger charge is 2.12. The van der Waals surface area contributed by atoms with Crippen LogP contribution in [0, 0.1) is 13.8 Å². The zero-order valence-electron chi connectivity index (χ0n) is 15.1. The predicted molar refractivity (Wildman–Crippen MR) is 113 cm³/mol. The van der Waals surface area contributed by atoms with Crippen molar-refractivity contribution in [2.75, 3.05) is 0 Å². The number of rotatable bonds is 4. The van der Waals surface area contributed by atoms with Crippen molar-refractivity contribution in [3.8, 4) is 32.5 Å². The summed E-state index contributed by atoms with van der Waals surface area (Å²) >= 11 is 3.32. The van der Waals surface area contributed by atoms with Crippen LogP contribution in [0.1, 0.15) is 23.6 Å². The Morgan fingerprint density at radius 1 is 0.808 bits per heavy atom. The number of hydrogen-bond acceptors (Lipinski definition) is 4. The van der Waals surface area contributed by atoms with Crippen molar-refractivity contribution >= 4 is 22.7 Å². The Morgan fingerprint density at radius 2 is 1.46 bits per heavy atom. The molecule has 2 heterocycles. The largest absolute Gasteiger partial charge is 0.233 e. The molecule has 0 aliphatic carbocycles. The number of aryl methyl sites for hydroxylation is 3. The average molecular weight is 377 g/mol. The van der Waals surface area contributed by atoms with Gasteiger partial charge in [-0.25, -0.2) is 9.97 Å². The lowest BCUT2D eigenvalue weighted by Crippen LogP contribution is -1.85. The fourth-order valence-corrected chi connectivity index (χ4v) is 4.71. The normalized spacial score (nSPS) is 11.0. The molecule has 26 heavy (non-hydrogen) atoms. The Morgan fingerprint density at radius 3 is 2.12 bits per heavy atom. The molecule has 0 saturated heterocycles. The first-order valence-electron chi connectivity index (χ1n) is 8.72. The lowest BCUT2D eigenvalue weighted by molar-refractivity contribution is 1.14. The highest BCUT2D eigenvalue weighted by atomic mass is 32.1. The quantitative estimate of drug-likeness (QED) is 0.392. The second-order valence-electron chi connectivity index (χ2n) is 6.44. The number of benzene rings is 2. The maximum atomic E-state index is 4.84. The molecule has 130 valence electrons. The predicted octanol–water partition coefficient (Wildman–Crippen LogP) is 6.78. The van der Waals surface area contributed by atoms with Crippen LogP contribution >= 0.6 is 22.7 Å². The molecule has 0 radical (unpaired) electrons. The molecule has 0 N–H and O–H groups in total. The Labute approximate surface area is 162 Å². The van der Waals surface area contributed by atoms with Gasteiger partial charge in [0.05, 0.1) is 11.4 Å². The number of thiazole rings is 2. The van der Waals surface area contributed by atoms with Crippen molar-refractivity contribution in [3.63, 3.8) is 0 Å². The third-order valence-electron chi connectivity index (χ3n) is 4.51. The molecule has 2 aromatic heterocycles. The summed E-state index contributed by atoms with van der Waals surface area (Å²) in [5.41, 5.74) is 8.31. The van der Waals surface area contributed by atoms with Crippen LogP contribution in [0.4, 0.5) is 0 Å². The van der Waals surface area contributed by atoms with Gasteiger partial charge in [0, 0.05) is 21.9 Å². The number of hydrogen-bond donors (Lipinski definition) is 0. The van der Waals surface area contributed by atoms with E-state index in [1.165, 1.54) is 22.3 Å². The lowest BCUT2D eigenvalue weighted by atomic mass is 10.0. The van der Waals surface area contributed by atoms with E-state index in [4.69, 9.17) is 9.97 Å². The van der Waals surface area contributed by atoms with Gasteiger partial charge in [0.2, 0.25) is 0 Å². The molecule has 0 fully saturated rings. The molecule has 2 nitrogen and oxygen atoms in total. The van der Waals surface area contributed by atoms with Gasteiger partial charge in [-0.05, 0) is 31.4 Å². The molecule has 0 bridgehead atoms. The van der Waals surface area contributed by atoms with Gasteiger partial charge in [-0.3, -0.25) is 0 Å². The second kappa shape index (κ2) is 7.14. The summed E-state index contributed by atoms with van der Waals surface area (Å²) in [5, 5.41) is 6.22. The summed E-state index contributed by atoms with van der Waals surface area (Å²) in [6, 6.07) is 15.2. The molecule has 0 aliphatic heterocycles. The van der Waals surface area contributed by atoms with Gasteiger partial charge in [0.15, 0.2) is 10.0 Å². The van der Waals surface area contributed by atoms with E-state index < -0.39 is 0 Å². The number of aromatic nitrogens is 2. The van der Waals surface area contributed by atoms with E-state index in [0.717, 1.165) is 33.4 Å². The fourth-order valence-electron chi connectivity index (χ4n) is 3.01. The molecule has 0 spiro atoms. The molecule has 0 atom stereocenters. The van der Waals surface area contributed by atoms with Gasteiger partial charge in [0.25, 0.3) is 0 Å². The van der Waals surface area contributed by atoms with Crippen LogP contribution in [-0.4, -0.2) is 9.97 Å². The Kier molecular flexibility index (Phi) is 4.70. The van der Waals surface area contributed by atoms with Crippen molar-refractivity contribution in [2.24, 2.45) is 0 Å². The van der Waals surface area contributed by atoms with Crippen LogP contribution in [0.3, 0.4) is 0 Å². The first-order valence-corrected chi connectivity index (χ1v) is 10.5. The van der Waals surface area contributed by atoms with Gasteiger partial charge in [0.1, 0.15) is 0 Å². The highest BCUT2D eigenvalue weighted by Crippen LogP contribution is 2.34. The SMILES string of the molecule is CCc1ccc(-c2csc(-c3nc(-c4ccc(C)cc4C)cs3)n2)cc1. The van der Waals surface area contributed by atoms with E-state index in [1.54, 1.807) is 22.7 Å². The smallest absolute Gasteiger partial charge is 0.152 e. The fraction of sp³-hybridized carbons (Fsp3) is 0.182. The minimum atomic E-state index is 0.987. The van der Waals surface area contributed by atoms with Gasteiger partial charge >= 0.3 is 0 Å². The molecule has 0 unspecified atom stereocenters. The summed E-state index contributed by atoms with van der Waals surface area (Å²) in [4.78, 5) is 9.66. The van der Waals surface area contributed by atoms with E-state index in [-0.39, 0.29) is 0 Å². The van der Waals surface area contributed by atoms with Crippen molar-refractivity contribution in [1.29, 1.82) is 0 Å². The first kappa shape index (κ1) is 17.1.